The van der Waals surface area contributed by atoms with E-state index in [1.165, 1.54) is 6.20 Å². The molecule has 18 heavy (non-hydrogen) atoms. The summed E-state index contributed by atoms with van der Waals surface area (Å²) in [5, 5.41) is 11.0. The molecule has 1 fully saturated rings. The lowest BCUT2D eigenvalue weighted by Gasteiger charge is -2.34. The van der Waals surface area contributed by atoms with Gasteiger partial charge in [0.15, 0.2) is 0 Å². The molecule has 0 radical (unpaired) electrons. The summed E-state index contributed by atoms with van der Waals surface area (Å²) in [7, 11) is 0. The van der Waals surface area contributed by atoms with Crippen molar-refractivity contribution in [2.45, 2.75) is 25.8 Å². The molecule has 2 N–H and O–H groups in total. The predicted octanol–water partition coefficient (Wildman–Crippen LogP) is 1.55. The van der Waals surface area contributed by atoms with Crippen molar-refractivity contribution in [1.82, 2.24) is 4.98 Å². The molecule has 1 aliphatic heterocycles. The van der Waals surface area contributed by atoms with Crippen molar-refractivity contribution in [2.75, 3.05) is 18.0 Å². The van der Waals surface area contributed by atoms with E-state index < -0.39 is 0 Å². The number of piperidine rings is 1. The van der Waals surface area contributed by atoms with E-state index in [9.17, 15) is 10.1 Å². The van der Waals surface area contributed by atoms with Crippen LogP contribution in [0, 0.1) is 16.0 Å². The molecule has 98 valence electrons. The van der Waals surface area contributed by atoms with Gasteiger partial charge in [-0.1, -0.05) is 0 Å². The molecule has 0 amide bonds. The number of rotatable bonds is 3. The van der Waals surface area contributed by atoms with Crippen molar-refractivity contribution in [2.24, 2.45) is 11.7 Å². The highest BCUT2D eigenvalue weighted by molar-refractivity contribution is 5.61. The lowest BCUT2D eigenvalue weighted by molar-refractivity contribution is -0.384. The fraction of sp³-hybridized carbons (Fsp3) is 0.583. The Bertz CT molecular complexity index is 428. The molecule has 1 saturated heterocycles. The van der Waals surface area contributed by atoms with Gasteiger partial charge in [-0.15, -0.1) is 0 Å². The summed E-state index contributed by atoms with van der Waals surface area (Å²) in [6, 6.07) is 1.91. The Hall–Kier alpha value is -1.69. The average molecular weight is 250 g/mol. The van der Waals surface area contributed by atoms with Crippen LogP contribution in [0.2, 0.25) is 0 Å². The van der Waals surface area contributed by atoms with E-state index in [1.54, 1.807) is 12.3 Å². The molecule has 1 aliphatic rings. The maximum Gasteiger partial charge on any atom is 0.310 e. The maximum absolute atomic E-state index is 11.0. The largest absolute Gasteiger partial charge is 0.366 e. The number of hydrogen-bond acceptors (Lipinski definition) is 5. The first-order chi connectivity index (χ1) is 8.59. The van der Waals surface area contributed by atoms with E-state index in [0.717, 1.165) is 25.9 Å². The Morgan fingerprint density at radius 1 is 1.56 bits per heavy atom. The minimum Gasteiger partial charge on any atom is -0.366 e. The van der Waals surface area contributed by atoms with Gasteiger partial charge in [-0.25, -0.2) is 0 Å². The molecule has 2 heterocycles. The number of pyridine rings is 1. The first-order valence-corrected chi connectivity index (χ1v) is 6.18. The second-order valence-electron chi connectivity index (χ2n) is 4.81. The van der Waals surface area contributed by atoms with Gasteiger partial charge >= 0.3 is 5.69 Å². The topological polar surface area (TPSA) is 85.3 Å². The van der Waals surface area contributed by atoms with Gasteiger partial charge < -0.3 is 10.6 Å². The first-order valence-electron chi connectivity index (χ1n) is 6.18. The minimum absolute atomic E-state index is 0.0803. The van der Waals surface area contributed by atoms with Gasteiger partial charge in [-0.05, 0) is 31.7 Å². The van der Waals surface area contributed by atoms with Crippen LogP contribution in [0.4, 0.5) is 11.4 Å². The number of aromatic nitrogens is 1. The number of nitrogens with two attached hydrogens (primary N) is 1. The summed E-state index contributed by atoms with van der Waals surface area (Å²) in [5.74, 6) is 0.516. The Balaban J connectivity index is 2.12. The summed E-state index contributed by atoms with van der Waals surface area (Å²) in [6.45, 7) is 3.66. The standard InChI is InChI=1S/C12H18N4O2/c1-9(13)10-3-6-15(7-4-10)11-2-5-14-8-12(11)16(17)18/h2,5,8-10H,3-4,6-7,13H2,1H3. The molecular weight excluding hydrogens is 232 g/mol. The normalized spacial score (nSPS) is 18.7. The zero-order valence-electron chi connectivity index (χ0n) is 10.5. The van der Waals surface area contributed by atoms with Gasteiger partial charge in [-0.2, -0.15) is 0 Å². The van der Waals surface area contributed by atoms with E-state index in [1.807, 2.05) is 6.92 Å². The third-order valence-electron chi connectivity index (χ3n) is 3.60. The lowest BCUT2D eigenvalue weighted by atomic mass is 9.91. The van der Waals surface area contributed by atoms with E-state index in [-0.39, 0.29) is 16.7 Å². The van der Waals surface area contributed by atoms with Crippen LogP contribution >= 0.6 is 0 Å². The summed E-state index contributed by atoms with van der Waals surface area (Å²) >= 11 is 0. The van der Waals surface area contributed by atoms with Crippen molar-refractivity contribution in [3.8, 4) is 0 Å². The highest BCUT2D eigenvalue weighted by Crippen LogP contribution is 2.30. The zero-order chi connectivity index (χ0) is 13.1. The number of nitro groups is 1. The molecule has 1 atom stereocenters. The number of hydrogen-bond donors (Lipinski definition) is 1. The molecule has 0 aliphatic carbocycles. The molecule has 0 aromatic carbocycles. The third kappa shape index (κ3) is 2.59. The molecule has 6 heteroatoms. The summed E-state index contributed by atoms with van der Waals surface area (Å²) < 4.78 is 0. The van der Waals surface area contributed by atoms with E-state index in [2.05, 4.69) is 9.88 Å². The van der Waals surface area contributed by atoms with Crippen LogP contribution in [0.5, 0.6) is 0 Å². The molecule has 1 aromatic rings. The van der Waals surface area contributed by atoms with E-state index in [0.29, 0.717) is 11.6 Å². The number of nitrogens with zero attached hydrogens (tertiary/aromatic N) is 3. The Morgan fingerprint density at radius 2 is 2.22 bits per heavy atom. The molecule has 0 bridgehead atoms. The highest BCUT2D eigenvalue weighted by atomic mass is 16.6. The Kier molecular flexibility index (Phi) is 3.76. The molecule has 2 rings (SSSR count). The molecule has 0 saturated carbocycles. The fourth-order valence-electron chi connectivity index (χ4n) is 2.45. The Morgan fingerprint density at radius 3 is 2.78 bits per heavy atom. The van der Waals surface area contributed by atoms with Crippen LogP contribution in [0.3, 0.4) is 0 Å². The fourth-order valence-corrected chi connectivity index (χ4v) is 2.45. The van der Waals surface area contributed by atoms with Crippen molar-refractivity contribution in [3.63, 3.8) is 0 Å². The maximum atomic E-state index is 11.0. The third-order valence-corrected chi connectivity index (χ3v) is 3.60. The van der Waals surface area contributed by atoms with Crippen molar-refractivity contribution >= 4 is 11.4 Å². The van der Waals surface area contributed by atoms with Crippen LogP contribution in [0.1, 0.15) is 19.8 Å². The van der Waals surface area contributed by atoms with E-state index >= 15 is 0 Å². The van der Waals surface area contributed by atoms with Crippen LogP contribution < -0.4 is 10.6 Å². The molecular formula is C12H18N4O2. The minimum atomic E-state index is -0.375. The molecule has 1 unspecified atom stereocenters. The summed E-state index contributed by atoms with van der Waals surface area (Å²) in [5.41, 5.74) is 6.64. The Labute approximate surface area is 106 Å². The first kappa shape index (κ1) is 12.8. The smallest absolute Gasteiger partial charge is 0.310 e. The van der Waals surface area contributed by atoms with Crippen LogP contribution in [0.15, 0.2) is 18.5 Å². The highest BCUT2D eigenvalue weighted by Gasteiger charge is 2.26. The monoisotopic (exact) mass is 250 g/mol. The molecule has 6 nitrogen and oxygen atoms in total. The van der Waals surface area contributed by atoms with Gasteiger partial charge in [0.2, 0.25) is 0 Å². The van der Waals surface area contributed by atoms with Gasteiger partial charge in [0, 0.05) is 25.3 Å². The quantitative estimate of drug-likeness (QED) is 0.650. The van der Waals surface area contributed by atoms with Crippen LogP contribution in [-0.4, -0.2) is 29.0 Å². The van der Waals surface area contributed by atoms with Gasteiger partial charge in [0.25, 0.3) is 0 Å². The second-order valence-corrected chi connectivity index (χ2v) is 4.81. The predicted molar refractivity (Wildman–Crippen MR) is 69.5 cm³/mol. The van der Waals surface area contributed by atoms with Gasteiger partial charge in [-0.3, -0.25) is 15.1 Å². The second kappa shape index (κ2) is 5.30. The molecule has 1 aromatic heterocycles. The van der Waals surface area contributed by atoms with Crippen LogP contribution in [-0.2, 0) is 0 Å². The van der Waals surface area contributed by atoms with Crippen LogP contribution in [0.25, 0.3) is 0 Å². The van der Waals surface area contributed by atoms with Gasteiger partial charge in [0.05, 0.1) is 4.92 Å². The number of anilines is 1. The van der Waals surface area contributed by atoms with Crippen molar-refractivity contribution in [3.05, 3.63) is 28.6 Å². The van der Waals surface area contributed by atoms with Crippen molar-refractivity contribution in [1.29, 1.82) is 0 Å². The lowest BCUT2D eigenvalue weighted by Crippen LogP contribution is -2.39. The summed E-state index contributed by atoms with van der Waals surface area (Å²) in [6.07, 6.45) is 4.88. The van der Waals surface area contributed by atoms with E-state index in [4.69, 9.17) is 5.73 Å². The average Bonchev–Trinajstić information content (AvgIpc) is 2.39. The molecule has 0 spiro atoms. The van der Waals surface area contributed by atoms with Crippen molar-refractivity contribution < 1.29 is 4.92 Å². The summed E-state index contributed by atoms with van der Waals surface area (Å²) in [4.78, 5) is 16.5. The SMILES string of the molecule is CC(N)C1CCN(c2ccncc2[N+](=O)[O-])CC1. The zero-order valence-corrected chi connectivity index (χ0v) is 10.5. The van der Waals surface area contributed by atoms with Gasteiger partial charge in [0.1, 0.15) is 11.9 Å².